The highest BCUT2D eigenvalue weighted by atomic mass is 32.2. The third-order valence-corrected chi connectivity index (χ3v) is 4.81. The van der Waals surface area contributed by atoms with E-state index in [4.69, 9.17) is 0 Å². The Morgan fingerprint density at radius 1 is 1.40 bits per heavy atom. The Labute approximate surface area is 120 Å². The molecule has 1 heterocycles. The number of aromatic amines is 1. The maximum absolute atomic E-state index is 11.4. The van der Waals surface area contributed by atoms with Crippen molar-refractivity contribution in [3.63, 3.8) is 0 Å². The lowest BCUT2D eigenvalue weighted by Gasteiger charge is -2.31. The van der Waals surface area contributed by atoms with Gasteiger partial charge in [-0.1, -0.05) is 19.3 Å². The lowest BCUT2D eigenvalue weighted by atomic mass is 9.86. The maximum Gasteiger partial charge on any atom is 0.346 e. The van der Waals surface area contributed by atoms with Gasteiger partial charge in [0.2, 0.25) is 0 Å². The van der Waals surface area contributed by atoms with Crippen LogP contribution < -0.4 is 5.69 Å². The molecule has 0 unspecified atom stereocenters. The van der Waals surface area contributed by atoms with Gasteiger partial charge < -0.3 is 15.2 Å². The zero-order valence-corrected chi connectivity index (χ0v) is 12.1. The first-order valence-electron chi connectivity index (χ1n) is 6.61. The van der Waals surface area contributed by atoms with Gasteiger partial charge in [-0.2, -0.15) is 4.98 Å². The summed E-state index contributed by atoms with van der Waals surface area (Å²) in [6, 6.07) is 0. The first kappa shape index (κ1) is 15.1. The number of aromatic nitrogens is 2. The fourth-order valence-corrected chi connectivity index (χ4v) is 3.70. The van der Waals surface area contributed by atoms with Crippen LogP contribution in [0.1, 0.15) is 48.2 Å². The number of hydrogen-bond acceptors (Lipinski definition) is 5. The van der Waals surface area contributed by atoms with Gasteiger partial charge >= 0.3 is 11.7 Å². The van der Waals surface area contributed by atoms with E-state index in [1.807, 2.05) is 0 Å². The molecule has 1 aliphatic carbocycles. The molecule has 0 aliphatic heterocycles. The summed E-state index contributed by atoms with van der Waals surface area (Å²) < 4.78 is 0. The maximum atomic E-state index is 11.4. The van der Waals surface area contributed by atoms with Crippen LogP contribution in [-0.2, 0) is 0 Å². The standard InChI is InChI=1S/C13H18N2O4S/c1-8-9(11(16)17)10(15-12(18)14-8)20-7-13(19)5-3-2-4-6-13/h19H,2-7H2,1H3,(H,16,17)(H,14,15,18). The number of carbonyl (C=O) groups is 1. The van der Waals surface area contributed by atoms with Crippen LogP contribution in [0.25, 0.3) is 0 Å². The smallest absolute Gasteiger partial charge is 0.346 e. The lowest BCUT2D eigenvalue weighted by molar-refractivity contribution is 0.0272. The summed E-state index contributed by atoms with van der Waals surface area (Å²) >= 11 is 1.15. The molecule has 1 aromatic heterocycles. The number of carboxylic acid groups (broad SMARTS) is 1. The molecule has 1 aliphatic rings. The second-order valence-corrected chi connectivity index (χ2v) is 6.19. The minimum Gasteiger partial charge on any atom is -0.478 e. The van der Waals surface area contributed by atoms with Gasteiger partial charge in [0.05, 0.1) is 5.60 Å². The number of aliphatic hydroxyl groups is 1. The average molecular weight is 298 g/mol. The Bertz CT molecular complexity index is 564. The van der Waals surface area contributed by atoms with Crippen molar-refractivity contribution in [2.75, 3.05) is 5.75 Å². The first-order valence-corrected chi connectivity index (χ1v) is 7.59. The molecule has 1 aromatic rings. The molecule has 7 heteroatoms. The zero-order chi connectivity index (χ0) is 14.8. The molecule has 1 saturated carbocycles. The molecule has 0 radical (unpaired) electrons. The van der Waals surface area contributed by atoms with Gasteiger partial charge in [-0.3, -0.25) is 0 Å². The van der Waals surface area contributed by atoms with Gasteiger partial charge in [-0.05, 0) is 19.8 Å². The second-order valence-electron chi connectivity index (χ2n) is 5.23. The van der Waals surface area contributed by atoms with Crippen LogP contribution in [0.5, 0.6) is 0 Å². The molecular weight excluding hydrogens is 280 g/mol. The van der Waals surface area contributed by atoms with Crippen LogP contribution in [0.15, 0.2) is 9.82 Å². The van der Waals surface area contributed by atoms with Crippen molar-refractivity contribution in [3.8, 4) is 0 Å². The molecular formula is C13H18N2O4S. The molecule has 6 nitrogen and oxygen atoms in total. The highest BCUT2D eigenvalue weighted by molar-refractivity contribution is 7.99. The summed E-state index contributed by atoms with van der Waals surface area (Å²) in [6.45, 7) is 1.53. The van der Waals surface area contributed by atoms with Crippen molar-refractivity contribution in [2.45, 2.75) is 49.7 Å². The Kier molecular flexibility index (Phi) is 4.49. The van der Waals surface area contributed by atoms with Crippen molar-refractivity contribution in [3.05, 3.63) is 21.7 Å². The van der Waals surface area contributed by atoms with E-state index in [0.717, 1.165) is 31.0 Å². The molecule has 0 bridgehead atoms. The molecule has 20 heavy (non-hydrogen) atoms. The van der Waals surface area contributed by atoms with E-state index in [0.29, 0.717) is 18.6 Å². The van der Waals surface area contributed by atoms with Crippen LogP contribution in [-0.4, -0.2) is 37.5 Å². The lowest BCUT2D eigenvalue weighted by Crippen LogP contribution is -2.34. The van der Waals surface area contributed by atoms with Crippen molar-refractivity contribution < 1.29 is 15.0 Å². The Balaban J connectivity index is 2.20. The average Bonchev–Trinajstić information content (AvgIpc) is 2.36. The molecule has 0 spiro atoms. The van der Waals surface area contributed by atoms with Crippen LogP contribution in [0.2, 0.25) is 0 Å². The van der Waals surface area contributed by atoms with Gasteiger partial charge in [0.25, 0.3) is 0 Å². The molecule has 0 aromatic carbocycles. The third kappa shape index (κ3) is 3.40. The highest BCUT2D eigenvalue weighted by Gasteiger charge is 2.30. The van der Waals surface area contributed by atoms with E-state index in [1.165, 1.54) is 6.92 Å². The molecule has 2 rings (SSSR count). The number of aryl methyl sites for hydroxylation is 1. The first-order chi connectivity index (χ1) is 9.41. The minimum absolute atomic E-state index is 0.00834. The van der Waals surface area contributed by atoms with E-state index in [2.05, 4.69) is 9.97 Å². The molecule has 0 atom stereocenters. The van der Waals surface area contributed by atoms with Crippen LogP contribution in [0.3, 0.4) is 0 Å². The fourth-order valence-electron chi connectivity index (χ4n) is 2.47. The summed E-state index contributed by atoms with van der Waals surface area (Å²) in [6.07, 6.45) is 4.50. The summed E-state index contributed by atoms with van der Waals surface area (Å²) in [5.41, 5.74) is -1.05. The highest BCUT2D eigenvalue weighted by Crippen LogP contribution is 2.33. The molecule has 0 amide bonds. The molecule has 0 saturated heterocycles. The molecule has 3 N–H and O–H groups in total. The van der Waals surface area contributed by atoms with E-state index < -0.39 is 17.3 Å². The van der Waals surface area contributed by atoms with Crippen molar-refractivity contribution >= 4 is 17.7 Å². The number of rotatable bonds is 4. The van der Waals surface area contributed by atoms with Crippen molar-refractivity contribution in [1.82, 2.24) is 9.97 Å². The predicted octanol–water partition coefficient (Wildman–Crippen LogP) is 1.56. The van der Waals surface area contributed by atoms with Gasteiger partial charge in [-0.15, -0.1) is 11.8 Å². The van der Waals surface area contributed by atoms with E-state index in [9.17, 15) is 19.8 Å². The summed E-state index contributed by atoms with van der Waals surface area (Å²) in [5.74, 6) is -0.757. The number of carboxylic acids is 1. The van der Waals surface area contributed by atoms with Gasteiger partial charge in [-0.25, -0.2) is 9.59 Å². The predicted molar refractivity (Wildman–Crippen MR) is 75.3 cm³/mol. The van der Waals surface area contributed by atoms with Gasteiger partial charge in [0, 0.05) is 11.4 Å². The van der Waals surface area contributed by atoms with Crippen molar-refractivity contribution in [2.24, 2.45) is 0 Å². The van der Waals surface area contributed by atoms with Crippen molar-refractivity contribution in [1.29, 1.82) is 0 Å². The third-order valence-electron chi connectivity index (χ3n) is 3.56. The molecule has 1 fully saturated rings. The van der Waals surface area contributed by atoms with E-state index >= 15 is 0 Å². The summed E-state index contributed by atoms with van der Waals surface area (Å²) in [7, 11) is 0. The van der Waals surface area contributed by atoms with Gasteiger partial charge in [0.1, 0.15) is 10.6 Å². The number of nitrogens with one attached hydrogen (secondary N) is 1. The Hall–Kier alpha value is -1.34. The summed E-state index contributed by atoms with van der Waals surface area (Å²) in [5, 5.41) is 19.8. The van der Waals surface area contributed by atoms with Crippen LogP contribution in [0, 0.1) is 6.92 Å². The zero-order valence-electron chi connectivity index (χ0n) is 11.3. The van der Waals surface area contributed by atoms with Crippen LogP contribution in [0.4, 0.5) is 0 Å². The van der Waals surface area contributed by atoms with Crippen LogP contribution >= 0.6 is 11.8 Å². The Morgan fingerprint density at radius 3 is 2.65 bits per heavy atom. The number of H-pyrrole nitrogens is 1. The van der Waals surface area contributed by atoms with E-state index in [1.54, 1.807) is 0 Å². The number of aromatic carboxylic acids is 1. The number of thioether (sulfide) groups is 1. The number of hydrogen-bond donors (Lipinski definition) is 3. The Morgan fingerprint density at radius 2 is 2.05 bits per heavy atom. The van der Waals surface area contributed by atoms with E-state index in [-0.39, 0.29) is 16.3 Å². The largest absolute Gasteiger partial charge is 0.478 e. The molecule has 110 valence electrons. The summed E-state index contributed by atoms with van der Waals surface area (Å²) in [4.78, 5) is 28.7. The fraction of sp³-hybridized carbons (Fsp3) is 0.615. The SMILES string of the molecule is Cc1[nH]c(=O)nc(SCC2(O)CCCCC2)c1C(=O)O. The monoisotopic (exact) mass is 298 g/mol. The normalized spacial score (nSPS) is 17.9. The topological polar surface area (TPSA) is 103 Å². The number of nitrogens with zero attached hydrogens (tertiary/aromatic N) is 1. The van der Waals surface area contributed by atoms with Gasteiger partial charge in [0.15, 0.2) is 0 Å². The quantitative estimate of drug-likeness (QED) is 0.576. The second kappa shape index (κ2) is 5.97. The minimum atomic E-state index is -1.12.